The van der Waals surface area contributed by atoms with Crippen LogP contribution in [0.25, 0.3) is 0 Å². The highest BCUT2D eigenvalue weighted by Crippen LogP contribution is 2.23. The number of hydrogen-bond donors (Lipinski definition) is 1. The molecule has 0 unspecified atom stereocenters. The van der Waals surface area contributed by atoms with Crippen molar-refractivity contribution in [1.29, 1.82) is 0 Å². The van der Waals surface area contributed by atoms with E-state index in [2.05, 4.69) is 10.3 Å². The Bertz CT molecular complexity index is 890. The number of nitrogens with zero attached hydrogens (tertiary/aromatic N) is 2. The van der Waals surface area contributed by atoms with Crippen LogP contribution >= 0.6 is 0 Å². The third-order valence-electron chi connectivity index (χ3n) is 4.14. The lowest BCUT2D eigenvalue weighted by Gasteiger charge is -2.20. The summed E-state index contributed by atoms with van der Waals surface area (Å²) in [5, 5.41) is 2.89. The number of rotatable bonds is 6. The molecule has 26 heavy (non-hydrogen) atoms. The molecule has 0 aliphatic rings. The summed E-state index contributed by atoms with van der Waals surface area (Å²) >= 11 is 0. The molecule has 0 aliphatic heterocycles. The third kappa shape index (κ3) is 3.81. The largest absolute Gasteiger partial charge is 0.380 e. The zero-order chi connectivity index (χ0) is 18.5. The number of hydrogen-bond acceptors (Lipinski definition) is 3. The van der Waals surface area contributed by atoms with Crippen molar-refractivity contribution in [2.45, 2.75) is 12.6 Å². The van der Waals surface area contributed by atoms with Crippen LogP contribution in [0.1, 0.15) is 33.4 Å². The van der Waals surface area contributed by atoms with Crippen molar-refractivity contribution in [1.82, 2.24) is 14.9 Å². The fraction of sp³-hybridized carbons (Fsp3) is 0.200. The number of imidazole rings is 1. The summed E-state index contributed by atoms with van der Waals surface area (Å²) in [5.41, 5.74) is 1.82. The first-order valence-corrected chi connectivity index (χ1v) is 8.20. The monoisotopic (exact) mass is 353 g/mol. The van der Waals surface area contributed by atoms with Crippen LogP contribution in [0.4, 0.5) is 4.39 Å². The van der Waals surface area contributed by atoms with Crippen molar-refractivity contribution in [3.8, 4) is 0 Å². The highest BCUT2D eigenvalue weighted by Gasteiger charge is 2.24. The average Bonchev–Trinajstić information content (AvgIpc) is 3.07. The molecular formula is C20H20FN3O2. The molecule has 0 saturated carbocycles. The fourth-order valence-electron chi connectivity index (χ4n) is 2.78. The maximum absolute atomic E-state index is 14.4. The van der Waals surface area contributed by atoms with Crippen LogP contribution in [0.15, 0.2) is 60.9 Å². The maximum atomic E-state index is 14.4. The molecule has 3 rings (SSSR count). The molecule has 0 radical (unpaired) electrons. The van der Waals surface area contributed by atoms with Crippen molar-refractivity contribution >= 4 is 5.91 Å². The first-order chi connectivity index (χ1) is 12.6. The van der Waals surface area contributed by atoms with Gasteiger partial charge in [-0.15, -0.1) is 0 Å². The second kappa shape index (κ2) is 7.93. The van der Waals surface area contributed by atoms with Gasteiger partial charge in [-0.1, -0.05) is 30.3 Å². The van der Waals surface area contributed by atoms with E-state index < -0.39 is 11.9 Å². The number of carbonyl (C=O) groups excluding carboxylic acids is 1. The van der Waals surface area contributed by atoms with E-state index in [0.717, 1.165) is 5.56 Å². The average molecular weight is 353 g/mol. The maximum Gasteiger partial charge on any atom is 0.252 e. The van der Waals surface area contributed by atoms with Crippen molar-refractivity contribution in [2.24, 2.45) is 7.05 Å². The van der Waals surface area contributed by atoms with Crippen LogP contribution in [0.3, 0.4) is 0 Å². The molecule has 1 atom stereocenters. The van der Waals surface area contributed by atoms with E-state index in [1.54, 1.807) is 54.4 Å². The molecule has 1 N–H and O–H groups in total. The van der Waals surface area contributed by atoms with E-state index in [1.807, 2.05) is 19.2 Å². The van der Waals surface area contributed by atoms with Gasteiger partial charge in [0, 0.05) is 37.7 Å². The van der Waals surface area contributed by atoms with E-state index in [1.165, 1.54) is 6.07 Å². The summed E-state index contributed by atoms with van der Waals surface area (Å²) in [6.45, 7) is 0.479. The zero-order valence-electron chi connectivity index (χ0n) is 14.6. The summed E-state index contributed by atoms with van der Waals surface area (Å²) < 4.78 is 21.2. The number of ether oxygens (including phenoxy) is 1. The molecule has 0 saturated heterocycles. The standard InChI is InChI=1S/C20H20FN3O2/c1-24-12-11-22-19(24)18(16-5-3-4-6-17(16)21)23-20(25)15-9-7-14(8-10-15)13-26-2/h3-12,18H,13H2,1-2H3,(H,23,25)/t18-/m0/s1. The molecule has 2 aromatic carbocycles. The number of carbonyl (C=O) groups is 1. The summed E-state index contributed by atoms with van der Waals surface area (Å²) in [6, 6.07) is 12.8. The summed E-state index contributed by atoms with van der Waals surface area (Å²) in [4.78, 5) is 17.0. The highest BCUT2D eigenvalue weighted by molar-refractivity contribution is 5.94. The first kappa shape index (κ1) is 17.8. The topological polar surface area (TPSA) is 56.1 Å². The summed E-state index contributed by atoms with van der Waals surface area (Å²) in [6.07, 6.45) is 3.38. The molecule has 3 aromatic rings. The lowest BCUT2D eigenvalue weighted by atomic mass is 10.0. The molecule has 6 heteroatoms. The Hall–Kier alpha value is -2.99. The van der Waals surface area contributed by atoms with Gasteiger partial charge < -0.3 is 14.6 Å². The summed E-state index contributed by atoms with van der Waals surface area (Å²) in [7, 11) is 3.42. The predicted molar refractivity (Wildman–Crippen MR) is 96.1 cm³/mol. The highest BCUT2D eigenvalue weighted by atomic mass is 19.1. The number of aromatic nitrogens is 2. The van der Waals surface area contributed by atoms with Gasteiger partial charge in [0.1, 0.15) is 17.7 Å². The molecule has 5 nitrogen and oxygen atoms in total. The van der Waals surface area contributed by atoms with Crippen molar-refractivity contribution in [3.63, 3.8) is 0 Å². The number of halogens is 1. The smallest absolute Gasteiger partial charge is 0.252 e. The second-order valence-corrected chi connectivity index (χ2v) is 5.95. The van der Waals surface area contributed by atoms with Crippen molar-refractivity contribution < 1.29 is 13.9 Å². The first-order valence-electron chi connectivity index (χ1n) is 8.20. The normalized spacial score (nSPS) is 12.0. The minimum atomic E-state index is -0.692. The molecule has 1 heterocycles. The second-order valence-electron chi connectivity index (χ2n) is 5.95. The number of nitrogens with one attached hydrogen (secondary N) is 1. The van der Waals surface area contributed by atoms with Gasteiger partial charge in [0.25, 0.3) is 5.91 Å². The fourth-order valence-corrected chi connectivity index (χ4v) is 2.78. The van der Waals surface area contributed by atoms with Crippen LogP contribution in [-0.2, 0) is 18.4 Å². The zero-order valence-corrected chi connectivity index (χ0v) is 14.6. The molecule has 0 aliphatic carbocycles. The Kier molecular flexibility index (Phi) is 5.43. The lowest BCUT2D eigenvalue weighted by Crippen LogP contribution is -2.31. The third-order valence-corrected chi connectivity index (χ3v) is 4.14. The Morgan fingerprint density at radius 2 is 1.96 bits per heavy atom. The van der Waals surface area contributed by atoms with E-state index in [0.29, 0.717) is 23.6 Å². The molecule has 134 valence electrons. The van der Waals surface area contributed by atoms with E-state index >= 15 is 0 Å². The van der Waals surface area contributed by atoms with Crippen LogP contribution in [-0.4, -0.2) is 22.6 Å². The Balaban J connectivity index is 1.90. The number of benzene rings is 2. The van der Waals surface area contributed by atoms with Gasteiger partial charge in [-0.3, -0.25) is 4.79 Å². The van der Waals surface area contributed by atoms with Crippen LogP contribution < -0.4 is 5.32 Å². The van der Waals surface area contributed by atoms with Gasteiger partial charge in [-0.25, -0.2) is 9.37 Å². The molecule has 0 spiro atoms. The van der Waals surface area contributed by atoms with Gasteiger partial charge in [-0.2, -0.15) is 0 Å². The van der Waals surface area contributed by atoms with Crippen LogP contribution in [0, 0.1) is 5.82 Å². The Morgan fingerprint density at radius 3 is 2.58 bits per heavy atom. The molecule has 1 amide bonds. The number of methoxy groups -OCH3 is 1. The van der Waals surface area contributed by atoms with Crippen LogP contribution in [0.2, 0.25) is 0 Å². The number of aryl methyl sites for hydroxylation is 1. The van der Waals surface area contributed by atoms with Gasteiger partial charge in [0.2, 0.25) is 0 Å². The number of amides is 1. The van der Waals surface area contributed by atoms with E-state index in [9.17, 15) is 9.18 Å². The molecule has 0 bridgehead atoms. The van der Waals surface area contributed by atoms with Gasteiger partial charge in [0.05, 0.1) is 6.61 Å². The minimum absolute atomic E-state index is 0.301. The van der Waals surface area contributed by atoms with Crippen molar-refractivity contribution in [2.75, 3.05) is 7.11 Å². The van der Waals surface area contributed by atoms with Crippen molar-refractivity contribution in [3.05, 3.63) is 89.3 Å². The van der Waals surface area contributed by atoms with E-state index in [-0.39, 0.29) is 5.91 Å². The van der Waals surface area contributed by atoms with E-state index in [4.69, 9.17) is 4.74 Å². The van der Waals surface area contributed by atoms with Crippen LogP contribution in [0.5, 0.6) is 0 Å². The van der Waals surface area contributed by atoms with Gasteiger partial charge >= 0.3 is 0 Å². The molecule has 1 aromatic heterocycles. The SMILES string of the molecule is COCc1ccc(C(=O)N[C@@H](c2ccccc2F)c2nccn2C)cc1. The van der Waals surface area contributed by atoms with Gasteiger partial charge in [-0.05, 0) is 23.8 Å². The Labute approximate surface area is 151 Å². The molecule has 0 fully saturated rings. The quantitative estimate of drug-likeness (QED) is 0.740. The molecular weight excluding hydrogens is 333 g/mol. The minimum Gasteiger partial charge on any atom is -0.380 e. The Morgan fingerprint density at radius 1 is 1.23 bits per heavy atom. The van der Waals surface area contributed by atoms with Gasteiger partial charge in [0.15, 0.2) is 0 Å². The predicted octanol–water partition coefficient (Wildman–Crippen LogP) is 3.23. The summed E-state index contributed by atoms with van der Waals surface area (Å²) in [5.74, 6) is -0.138. The lowest BCUT2D eigenvalue weighted by molar-refractivity contribution is 0.0940.